The highest BCUT2D eigenvalue weighted by Crippen LogP contribution is 2.33. The Kier molecular flexibility index (Phi) is 5.51. The summed E-state index contributed by atoms with van der Waals surface area (Å²) < 4.78 is 29.8. The van der Waals surface area contributed by atoms with E-state index in [1.807, 2.05) is 0 Å². The van der Waals surface area contributed by atoms with Crippen molar-refractivity contribution >= 4 is 39.9 Å². The first-order valence-electron chi connectivity index (χ1n) is 6.03. The third-order valence-electron chi connectivity index (χ3n) is 2.33. The number of thioether (sulfide) groups is 1. The number of carbonyl (C=O) groups excluding carboxylic acids is 1. The Bertz CT molecular complexity index is 620. The van der Waals surface area contributed by atoms with E-state index in [2.05, 4.69) is 10.3 Å². The molecule has 0 radical (unpaired) electrons. The number of hydrogen-bond donors (Lipinski definition) is 1. The van der Waals surface area contributed by atoms with Crippen molar-refractivity contribution < 1.29 is 18.3 Å². The minimum atomic E-state index is -2.50. The second-order valence-corrected chi connectivity index (χ2v) is 5.65. The molecular weight excluding hydrogens is 318 g/mol. The molecule has 1 N–H and O–H groups in total. The number of hydrogen-bond acceptors (Lipinski definition) is 6. The van der Waals surface area contributed by atoms with Crippen LogP contribution in [-0.2, 0) is 4.74 Å². The third kappa shape index (κ3) is 4.40. The van der Waals surface area contributed by atoms with Crippen molar-refractivity contribution in [1.82, 2.24) is 4.98 Å². The number of benzene rings is 1. The number of aromatic nitrogens is 1. The van der Waals surface area contributed by atoms with E-state index in [1.54, 1.807) is 36.6 Å². The molecule has 0 bridgehead atoms. The predicted molar refractivity (Wildman–Crippen MR) is 79.7 cm³/mol. The van der Waals surface area contributed by atoms with Gasteiger partial charge >= 0.3 is 5.97 Å². The fourth-order valence-corrected chi connectivity index (χ4v) is 2.80. The molecule has 0 amide bonds. The molecule has 2 rings (SSSR count). The molecule has 2 aromatic rings. The van der Waals surface area contributed by atoms with Gasteiger partial charge in [-0.25, -0.2) is 9.78 Å². The summed E-state index contributed by atoms with van der Waals surface area (Å²) in [7, 11) is 0. The highest BCUT2D eigenvalue weighted by molar-refractivity contribution is 7.99. The fraction of sp³-hybridized carbons (Fsp3) is 0.231. The zero-order valence-corrected chi connectivity index (χ0v) is 12.6. The number of halogens is 2. The third-order valence-corrected chi connectivity index (χ3v) is 3.88. The SMILES string of the molecule is CCOC(=O)c1csc(Nc2ccccc2SC(F)F)n1. The van der Waals surface area contributed by atoms with E-state index < -0.39 is 11.7 Å². The average molecular weight is 330 g/mol. The van der Waals surface area contributed by atoms with E-state index in [4.69, 9.17) is 4.74 Å². The molecule has 0 unspecified atom stereocenters. The van der Waals surface area contributed by atoms with Gasteiger partial charge in [-0.2, -0.15) is 8.78 Å². The van der Waals surface area contributed by atoms with Crippen LogP contribution in [0.4, 0.5) is 19.6 Å². The van der Waals surface area contributed by atoms with Gasteiger partial charge in [0.15, 0.2) is 10.8 Å². The van der Waals surface area contributed by atoms with E-state index in [9.17, 15) is 13.6 Å². The molecule has 1 heterocycles. The summed E-state index contributed by atoms with van der Waals surface area (Å²) in [5.41, 5.74) is 0.718. The number of rotatable bonds is 6. The number of esters is 1. The number of ether oxygens (including phenoxy) is 1. The molecule has 21 heavy (non-hydrogen) atoms. The van der Waals surface area contributed by atoms with Gasteiger partial charge in [-0.3, -0.25) is 0 Å². The van der Waals surface area contributed by atoms with Gasteiger partial charge in [0.25, 0.3) is 5.76 Å². The van der Waals surface area contributed by atoms with E-state index >= 15 is 0 Å². The van der Waals surface area contributed by atoms with Crippen LogP contribution in [0.2, 0.25) is 0 Å². The van der Waals surface area contributed by atoms with Gasteiger partial charge in [-0.1, -0.05) is 23.9 Å². The molecular formula is C13H12F2N2O2S2. The molecule has 1 aromatic heterocycles. The number of nitrogens with one attached hydrogen (secondary N) is 1. The summed E-state index contributed by atoms with van der Waals surface area (Å²) in [6.45, 7) is 1.98. The lowest BCUT2D eigenvalue weighted by Crippen LogP contribution is -2.05. The van der Waals surface area contributed by atoms with Crippen LogP contribution in [0.15, 0.2) is 34.5 Å². The van der Waals surface area contributed by atoms with Crippen LogP contribution >= 0.6 is 23.1 Å². The molecule has 0 aliphatic heterocycles. The highest BCUT2D eigenvalue weighted by Gasteiger charge is 2.14. The molecule has 0 spiro atoms. The number of thiazole rings is 1. The standard InChI is InChI=1S/C13H12F2N2O2S2/c1-2-19-11(18)9-7-20-13(17-9)16-8-5-3-4-6-10(8)21-12(14)15/h3-7,12H,2H2,1H3,(H,16,17). The Morgan fingerprint density at radius 1 is 1.48 bits per heavy atom. The molecule has 4 nitrogen and oxygen atoms in total. The van der Waals surface area contributed by atoms with Crippen molar-refractivity contribution in [2.75, 3.05) is 11.9 Å². The van der Waals surface area contributed by atoms with Crippen LogP contribution < -0.4 is 5.32 Å². The molecule has 8 heteroatoms. The maximum atomic E-state index is 12.5. The van der Waals surface area contributed by atoms with Crippen LogP contribution in [0.1, 0.15) is 17.4 Å². The second-order valence-electron chi connectivity index (χ2n) is 3.76. The molecule has 0 atom stereocenters. The quantitative estimate of drug-likeness (QED) is 0.629. The molecule has 0 aliphatic carbocycles. The van der Waals surface area contributed by atoms with Crippen LogP contribution in [-0.4, -0.2) is 23.3 Å². The summed E-state index contributed by atoms with van der Waals surface area (Å²) in [6, 6.07) is 6.69. The van der Waals surface area contributed by atoms with Crippen LogP contribution in [0.3, 0.4) is 0 Å². The van der Waals surface area contributed by atoms with Crippen molar-refractivity contribution in [3.05, 3.63) is 35.3 Å². The average Bonchev–Trinajstić information content (AvgIpc) is 2.89. The number of nitrogens with zero attached hydrogens (tertiary/aromatic N) is 1. The summed E-state index contributed by atoms with van der Waals surface area (Å²) in [5, 5.41) is 4.94. The summed E-state index contributed by atoms with van der Waals surface area (Å²) in [6.07, 6.45) is 0. The Balaban J connectivity index is 2.13. The number of anilines is 2. The van der Waals surface area contributed by atoms with Gasteiger partial charge in [0.1, 0.15) is 0 Å². The summed E-state index contributed by atoms with van der Waals surface area (Å²) >= 11 is 1.66. The van der Waals surface area contributed by atoms with Gasteiger partial charge in [0.2, 0.25) is 0 Å². The largest absolute Gasteiger partial charge is 0.461 e. The first-order chi connectivity index (χ1) is 10.1. The van der Waals surface area contributed by atoms with Gasteiger partial charge in [0.05, 0.1) is 12.3 Å². The Morgan fingerprint density at radius 2 is 2.24 bits per heavy atom. The zero-order valence-electron chi connectivity index (χ0n) is 11.0. The van der Waals surface area contributed by atoms with E-state index in [0.717, 1.165) is 0 Å². The first-order valence-corrected chi connectivity index (χ1v) is 7.79. The summed E-state index contributed by atoms with van der Waals surface area (Å²) in [5.74, 6) is -3.00. The topological polar surface area (TPSA) is 51.2 Å². The van der Waals surface area contributed by atoms with Gasteiger partial charge in [-0.05, 0) is 19.1 Å². The van der Waals surface area contributed by atoms with E-state index in [0.29, 0.717) is 27.5 Å². The molecule has 0 fully saturated rings. The fourth-order valence-electron chi connectivity index (χ4n) is 1.51. The Labute approximate surface area is 128 Å². The van der Waals surface area contributed by atoms with Gasteiger partial charge < -0.3 is 10.1 Å². The van der Waals surface area contributed by atoms with Crippen LogP contribution in [0.25, 0.3) is 0 Å². The first kappa shape index (κ1) is 15.7. The molecule has 0 saturated heterocycles. The molecule has 1 aromatic carbocycles. The Morgan fingerprint density at radius 3 is 2.95 bits per heavy atom. The van der Waals surface area contributed by atoms with Crippen molar-refractivity contribution in [2.45, 2.75) is 17.6 Å². The lowest BCUT2D eigenvalue weighted by atomic mass is 10.3. The lowest BCUT2D eigenvalue weighted by Gasteiger charge is -2.08. The monoisotopic (exact) mass is 330 g/mol. The summed E-state index contributed by atoms with van der Waals surface area (Å²) in [4.78, 5) is 16.0. The maximum absolute atomic E-state index is 12.5. The Hall–Kier alpha value is -1.67. The second kappa shape index (κ2) is 7.37. The maximum Gasteiger partial charge on any atom is 0.357 e. The van der Waals surface area contributed by atoms with Crippen molar-refractivity contribution in [3.63, 3.8) is 0 Å². The molecule has 0 saturated carbocycles. The van der Waals surface area contributed by atoms with Crippen molar-refractivity contribution in [3.8, 4) is 0 Å². The molecule has 0 aliphatic rings. The van der Waals surface area contributed by atoms with Gasteiger partial charge in [-0.15, -0.1) is 11.3 Å². The van der Waals surface area contributed by atoms with Crippen LogP contribution in [0.5, 0.6) is 0 Å². The normalized spacial score (nSPS) is 10.7. The smallest absolute Gasteiger partial charge is 0.357 e. The predicted octanol–water partition coefficient (Wildman–Crippen LogP) is 4.38. The highest BCUT2D eigenvalue weighted by atomic mass is 32.2. The minimum Gasteiger partial charge on any atom is -0.461 e. The zero-order chi connectivity index (χ0) is 15.2. The number of para-hydroxylation sites is 1. The minimum absolute atomic E-state index is 0.198. The van der Waals surface area contributed by atoms with Crippen LogP contribution in [0, 0.1) is 0 Å². The lowest BCUT2D eigenvalue weighted by molar-refractivity contribution is 0.0520. The van der Waals surface area contributed by atoms with Crippen molar-refractivity contribution in [1.29, 1.82) is 0 Å². The van der Waals surface area contributed by atoms with E-state index in [-0.39, 0.29) is 12.3 Å². The van der Waals surface area contributed by atoms with Gasteiger partial charge in [0, 0.05) is 10.3 Å². The number of carbonyl (C=O) groups is 1. The van der Waals surface area contributed by atoms with Crippen molar-refractivity contribution in [2.24, 2.45) is 0 Å². The molecule has 112 valence electrons. The van der Waals surface area contributed by atoms with E-state index in [1.165, 1.54) is 11.3 Å². The number of alkyl halides is 2.